The Morgan fingerprint density at radius 3 is 2.44 bits per heavy atom. The first-order valence-corrected chi connectivity index (χ1v) is 7.99. The number of halogens is 1. The van der Waals surface area contributed by atoms with Crippen LogP contribution in [0, 0.1) is 11.3 Å². The third kappa shape index (κ3) is 4.41. The third-order valence-electron chi connectivity index (χ3n) is 2.38. The smallest absolute Gasteiger partial charge is 0.212 e. The number of nitrogens with zero attached hydrogens (tertiary/aromatic N) is 2. The van der Waals surface area contributed by atoms with Gasteiger partial charge in [-0.3, -0.25) is 0 Å². The van der Waals surface area contributed by atoms with Crippen molar-refractivity contribution in [1.29, 1.82) is 5.26 Å². The van der Waals surface area contributed by atoms with Gasteiger partial charge in [0, 0.05) is 11.0 Å². The molecule has 0 N–H and O–H groups in total. The molecule has 0 unspecified atom stereocenters. The summed E-state index contributed by atoms with van der Waals surface area (Å²) in [6.45, 7) is 2.18. The van der Waals surface area contributed by atoms with E-state index in [-0.39, 0.29) is 12.3 Å². The van der Waals surface area contributed by atoms with Crippen LogP contribution in [0.1, 0.15) is 18.9 Å². The van der Waals surface area contributed by atoms with Crippen molar-refractivity contribution < 1.29 is 8.42 Å². The Balaban J connectivity index is 2.85. The average Bonchev–Trinajstić information content (AvgIpc) is 2.32. The van der Waals surface area contributed by atoms with Gasteiger partial charge in [0.05, 0.1) is 11.8 Å². The summed E-state index contributed by atoms with van der Waals surface area (Å²) in [4.78, 5) is 0. The molecule has 0 aliphatic carbocycles. The maximum atomic E-state index is 12.1. The van der Waals surface area contributed by atoms with Crippen LogP contribution >= 0.6 is 15.9 Å². The van der Waals surface area contributed by atoms with Gasteiger partial charge in [-0.2, -0.15) is 9.57 Å². The van der Waals surface area contributed by atoms with E-state index < -0.39 is 10.0 Å². The summed E-state index contributed by atoms with van der Waals surface area (Å²) >= 11 is 3.30. The minimum absolute atomic E-state index is 0.0675. The second-order valence-corrected chi connectivity index (χ2v) is 6.76. The monoisotopic (exact) mass is 330 g/mol. The minimum Gasteiger partial charge on any atom is -0.212 e. The van der Waals surface area contributed by atoms with Crippen LogP contribution in [0.5, 0.6) is 0 Å². The molecular formula is C12H15BrN2O2S. The first kappa shape index (κ1) is 15.2. The highest BCUT2D eigenvalue weighted by molar-refractivity contribution is 9.10. The predicted octanol–water partition coefficient (Wildman–Crippen LogP) is 2.51. The van der Waals surface area contributed by atoms with Gasteiger partial charge in [0.15, 0.2) is 0 Å². The zero-order valence-corrected chi connectivity index (χ0v) is 12.5. The predicted molar refractivity (Wildman–Crippen MR) is 74.2 cm³/mol. The van der Waals surface area contributed by atoms with Crippen molar-refractivity contribution in [2.75, 3.05) is 13.1 Å². The molecule has 0 bridgehead atoms. The van der Waals surface area contributed by atoms with E-state index in [0.29, 0.717) is 13.0 Å². The van der Waals surface area contributed by atoms with Crippen molar-refractivity contribution in [2.24, 2.45) is 0 Å². The fraction of sp³-hybridized carbons (Fsp3) is 0.417. The van der Waals surface area contributed by atoms with E-state index >= 15 is 0 Å². The SMILES string of the molecule is CCCN(CC#N)S(=O)(=O)Cc1ccc(Br)cc1. The number of hydrogen-bond acceptors (Lipinski definition) is 3. The number of rotatable bonds is 6. The van der Waals surface area contributed by atoms with Gasteiger partial charge in [0.1, 0.15) is 6.54 Å². The van der Waals surface area contributed by atoms with Crippen molar-refractivity contribution >= 4 is 26.0 Å². The van der Waals surface area contributed by atoms with Gasteiger partial charge in [0.25, 0.3) is 0 Å². The van der Waals surface area contributed by atoms with E-state index in [9.17, 15) is 8.42 Å². The lowest BCUT2D eigenvalue weighted by Crippen LogP contribution is -2.33. The highest BCUT2D eigenvalue weighted by Gasteiger charge is 2.21. The lowest BCUT2D eigenvalue weighted by molar-refractivity contribution is 0.443. The van der Waals surface area contributed by atoms with Crippen molar-refractivity contribution in [3.8, 4) is 6.07 Å². The second kappa shape index (κ2) is 6.88. The molecule has 4 nitrogen and oxygen atoms in total. The molecule has 0 heterocycles. The third-order valence-corrected chi connectivity index (χ3v) is 4.70. The topological polar surface area (TPSA) is 61.2 Å². The fourth-order valence-corrected chi connectivity index (χ4v) is 3.30. The molecule has 0 aliphatic heterocycles. The lowest BCUT2D eigenvalue weighted by atomic mass is 10.2. The first-order valence-electron chi connectivity index (χ1n) is 5.59. The number of benzene rings is 1. The molecule has 18 heavy (non-hydrogen) atoms. The molecule has 98 valence electrons. The van der Waals surface area contributed by atoms with Gasteiger partial charge in [-0.15, -0.1) is 0 Å². The van der Waals surface area contributed by atoms with Gasteiger partial charge >= 0.3 is 0 Å². The summed E-state index contributed by atoms with van der Waals surface area (Å²) in [6, 6.07) is 9.03. The normalized spacial score (nSPS) is 11.4. The van der Waals surface area contributed by atoms with Crippen LogP contribution in [-0.4, -0.2) is 25.8 Å². The van der Waals surface area contributed by atoms with Gasteiger partial charge < -0.3 is 0 Å². The zero-order valence-electron chi connectivity index (χ0n) is 10.1. The van der Waals surface area contributed by atoms with Crippen LogP contribution in [0.25, 0.3) is 0 Å². The quantitative estimate of drug-likeness (QED) is 0.753. The van der Waals surface area contributed by atoms with Crippen molar-refractivity contribution in [3.05, 3.63) is 34.3 Å². The molecule has 6 heteroatoms. The number of sulfonamides is 1. The van der Waals surface area contributed by atoms with Gasteiger partial charge in [-0.05, 0) is 24.1 Å². The van der Waals surface area contributed by atoms with Crippen molar-refractivity contribution in [2.45, 2.75) is 19.1 Å². The average molecular weight is 331 g/mol. The van der Waals surface area contributed by atoms with Gasteiger partial charge in [-0.25, -0.2) is 8.42 Å². The van der Waals surface area contributed by atoms with Crippen molar-refractivity contribution in [3.63, 3.8) is 0 Å². The highest BCUT2D eigenvalue weighted by atomic mass is 79.9. The standard InChI is InChI=1S/C12H15BrN2O2S/c1-2-8-15(9-7-14)18(16,17)10-11-3-5-12(13)6-4-11/h3-6H,2,8-10H2,1H3. The van der Waals surface area contributed by atoms with E-state index in [4.69, 9.17) is 5.26 Å². The minimum atomic E-state index is -3.42. The Kier molecular flexibility index (Phi) is 5.79. The molecule has 1 aromatic carbocycles. The van der Waals surface area contributed by atoms with E-state index in [0.717, 1.165) is 10.0 Å². The summed E-state index contributed by atoms with van der Waals surface area (Å²) in [6.07, 6.45) is 0.696. The summed E-state index contributed by atoms with van der Waals surface area (Å²) in [5, 5.41) is 8.67. The molecule has 0 fully saturated rings. The lowest BCUT2D eigenvalue weighted by Gasteiger charge is -2.18. The Hall–Kier alpha value is -0.900. The highest BCUT2D eigenvalue weighted by Crippen LogP contribution is 2.15. The van der Waals surface area contributed by atoms with E-state index in [1.807, 2.05) is 13.0 Å². The summed E-state index contributed by atoms with van der Waals surface area (Å²) in [5.41, 5.74) is 0.720. The van der Waals surface area contributed by atoms with Crippen LogP contribution in [0.3, 0.4) is 0 Å². The van der Waals surface area contributed by atoms with E-state index in [1.165, 1.54) is 4.31 Å². The van der Waals surface area contributed by atoms with Crippen LogP contribution < -0.4 is 0 Å². The Morgan fingerprint density at radius 2 is 1.94 bits per heavy atom. The molecule has 0 saturated carbocycles. The largest absolute Gasteiger partial charge is 0.219 e. The molecule has 0 aromatic heterocycles. The molecular weight excluding hydrogens is 316 g/mol. The molecule has 1 rings (SSSR count). The summed E-state index contributed by atoms with van der Waals surface area (Å²) in [5.74, 6) is -0.0675. The molecule has 0 saturated heterocycles. The van der Waals surface area contributed by atoms with Gasteiger partial charge in [-0.1, -0.05) is 35.0 Å². The fourth-order valence-electron chi connectivity index (χ4n) is 1.53. The Morgan fingerprint density at radius 1 is 1.33 bits per heavy atom. The Bertz CT molecular complexity index is 520. The number of hydrogen-bond donors (Lipinski definition) is 0. The molecule has 0 spiro atoms. The van der Waals surface area contributed by atoms with Crippen LogP contribution in [0.2, 0.25) is 0 Å². The molecule has 0 amide bonds. The Labute approximate surface area is 116 Å². The number of nitriles is 1. The molecule has 0 radical (unpaired) electrons. The van der Waals surface area contributed by atoms with E-state index in [1.54, 1.807) is 24.3 Å². The maximum Gasteiger partial charge on any atom is 0.219 e. The van der Waals surface area contributed by atoms with E-state index in [2.05, 4.69) is 15.9 Å². The van der Waals surface area contributed by atoms with Crippen LogP contribution in [-0.2, 0) is 15.8 Å². The summed E-state index contributed by atoms with van der Waals surface area (Å²) < 4.78 is 26.4. The second-order valence-electron chi connectivity index (χ2n) is 3.87. The summed E-state index contributed by atoms with van der Waals surface area (Å²) in [7, 11) is -3.42. The maximum absolute atomic E-state index is 12.1. The van der Waals surface area contributed by atoms with Crippen molar-refractivity contribution in [1.82, 2.24) is 4.31 Å². The molecule has 1 aromatic rings. The first-order chi connectivity index (χ1) is 8.49. The zero-order chi connectivity index (χ0) is 13.6. The molecule has 0 aliphatic rings. The molecule has 0 atom stereocenters. The van der Waals surface area contributed by atoms with Gasteiger partial charge in [0.2, 0.25) is 10.0 Å². The van der Waals surface area contributed by atoms with Crippen LogP contribution in [0.4, 0.5) is 0 Å². The van der Waals surface area contributed by atoms with Crippen LogP contribution in [0.15, 0.2) is 28.7 Å².